The van der Waals surface area contributed by atoms with Gasteiger partial charge in [0.2, 0.25) is 0 Å². The van der Waals surface area contributed by atoms with Crippen molar-refractivity contribution in [1.82, 2.24) is 19.5 Å². The van der Waals surface area contributed by atoms with Crippen molar-refractivity contribution in [2.45, 2.75) is 0 Å². The van der Waals surface area contributed by atoms with Gasteiger partial charge in [-0.25, -0.2) is 15.0 Å². The van der Waals surface area contributed by atoms with Gasteiger partial charge >= 0.3 is 0 Å². The predicted octanol–water partition coefficient (Wildman–Crippen LogP) is 13.4. The Morgan fingerprint density at radius 1 is 0.333 bits per heavy atom. The average Bonchev–Trinajstić information content (AvgIpc) is 3.96. The van der Waals surface area contributed by atoms with Gasteiger partial charge in [-0.15, -0.1) is 0 Å². The molecule has 0 radical (unpaired) electrons. The van der Waals surface area contributed by atoms with Gasteiger partial charge in [0.1, 0.15) is 22.3 Å². The monoisotopic (exact) mass is 730 g/mol. The van der Waals surface area contributed by atoms with Gasteiger partial charge in [0.25, 0.3) is 0 Å². The normalized spacial score (nSPS) is 11.9. The SMILES string of the molecule is c1ccc(-c2nc(-c3ccccc3)nc(-c3ccc4oc5cccc(-c6ccc7oc8cccc(-n9c%10ccccc%10c%10ccccc%109)c8c7c6)c5c4c3)n2)cc1. The third-order valence-corrected chi connectivity index (χ3v) is 11.1. The molecule has 0 bridgehead atoms. The summed E-state index contributed by atoms with van der Waals surface area (Å²) in [6.07, 6.45) is 0. The molecule has 0 spiro atoms. The number of nitrogens with zero attached hydrogens (tertiary/aromatic N) is 4. The maximum absolute atomic E-state index is 6.55. The van der Waals surface area contributed by atoms with Crippen molar-refractivity contribution >= 4 is 65.7 Å². The zero-order valence-electron chi connectivity index (χ0n) is 30.4. The van der Waals surface area contributed by atoms with Crippen molar-refractivity contribution in [3.8, 4) is 51.0 Å². The molecule has 0 fully saturated rings. The van der Waals surface area contributed by atoms with Crippen molar-refractivity contribution in [2.24, 2.45) is 0 Å². The molecule has 6 nitrogen and oxygen atoms in total. The molecule has 57 heavy (non-hydrogen) atoms. The van der Waals surface area contributed by atoms with Gasteiger partial charge in [-0.05, 0) is 71.8 Å². The number of hydrogen-bond donors (Lipinski definition) is 0. The Hall–Kier alpha value is -7.83. The summed E-state index contributed by atoms with van der Waals surface area (Å²) >= 11 is 0. The van der Waals surface area contributed by atoms with Crippen molar-refractivity contribution in [3.05, 3.63) is 182 Å². The summed E-state index contributed by atoms with van der Waals surface area (Å²) in [7, 11) is 0. The molecule has 12 rings (SSSR count). The van der Waals surface area contributed by atoms with E-state index in [9.17, 15) is 0 Å². The zero-order chi connectivity index (χ0) is 37.5. The van der Waals surface area contributed by atoms with Crippen molar-refractivity contribution < 1.29 is 8.83 Å². The minimum absolute atomic E-state index is 0.598. The Bertz CT molecular complexity index is 3410. The topological polar surface area (TPSA) is 69.9 Å². The highest BCUT2D eigenvalue weighted by Gasteiger charge is 2.20. The van der Waals surface area contributed by atoms with Gasteiger partial charge in [-0.2, -0.15) is 0 Å². The summed E-state index contributed by atoms with van der Waals surface area (Å²) in [6, 6.07) is 62.6. The number of para-hydroxylation sites is 2. The molecule has 0 saturated carbocycles. The van der Waals surface area contributed by atoms with E-state index in [1.54, 1.807) is 0 Å². The fourth-order valence-corrected chi connectivity index (χ4v) is 8.49. The lowest BCUT2D eigenvalue weighted by atomic mass is 9.97. The van der Waals surface area contributed by atoms with Crippen LogP contribution in [-0.4, -0.2) is 19.5 Å². The lowest BCUT2D eigenvalue weighted by Crippen LogP contribution is -2.00. The lowest BCUT2D eigenvalue weighted by molar-refractivity contribution is 0.668. The number of fused-ring (bicyclic) bond motifs is 9. The standard InChI is InChI=1S/C51H30N4O2/c1-3-13-31(14-4-1)49-52-50(32-15-5-2-6-16-32)54-51(53-49)34-26-28-43-38(30-34)47-35(19-11-23-45(47)56-43)33-25-27-44-39(29-33)48-42(22-12-24-46(48)57-44)55-40-20-9-7-17-36(40)37-18-8-10-21-41(37)55/h1-30H. The molecule has 8 aromatic carbocycles. The first-order chi connectivity index (χ1) is 28.2. The first kappa shape index (κ1) is 31.5. The van der Waals surface area contributed by atoms with Crippen LogP contribution in [0.3, 0.4) is 0 Å². The molecular formula is C51H30N4O2. The van der Waals surface area contributed by atoms with Crippen LogP contribution in [-0.2, 0) is 0 Å². The summed E-state index contributed by atoms with van der Waals surface area (Å²) in [5.41, 5.74) is 11.6. The number of rotatable bonds is 5. The third-order valence-electron chi connectivity index (χ3n) is 11.1. The van der Waals surface area contributed by atoms with Crippen LogP contribution in [0.2, 0.25) is 0 Å². The molecule has 0 saturated heterocycles. The van der Waals surface area contributed by atoms with Crippen LogP contribution in [0.15, 0.2) is 191 Å². The number of hydrogen-bond acceptors (Lipinski definition) is 5. The highest BCUT2D eigenvalue weighted by atomic mass is 16.3. The second-order valence-corrected chi connectivity index (χ2v) is 14.4. The first-order valence-corrected chi connectivity index (χ1v) is 19.0. The van der Waals surface area contributed by atoms with Gasteiger partial charge in [0.05, 0.1) is 22.1 Å². The Morgan fingerprint density at radius 3 is 1.46 bits per heavy atom. The number of furan rings is 2. The molecule has 4 heterocycles. The van der Waals surface area contributed by atoms with Crippen LogP contribution in [0.25, 0.3) is 117 Å². The molecule has 0 aliphatic carbocycles. The molecule has 0 aliphatic heterocycles. The molecule has 266 valence electrons. The fourth-order valence-electron chi connectivity index (χ4n) is 8.49. The van der Waals surface area contributed by atoms with Crippen LogP contribution in [0.1, 0.15) is 0 Å². The van der Waals surface area contributed by atoms with Crippen LogP contribution in [0, 0.1) is 0 Å². The van der Waals surface area contributed by atoms with Gasteiger partial charge in [0.15, 0.2) is 17.5 Å². The summed E-state index contributed by atoms with van der Waals surface area (Å²) in [5.74, 6) is 1.84. The summed E-state index contributed by atoms with van der Waals surface area (Å²) in [4.78, 5) is 14.9. The van der Waals surface area contributed by atoms with Gasteiger partial charge in [-0.3, -0.25) is 0 Å². The molecule has 0 amide bonds. The number of benzene rings is 8. The van der Waals surface area contributed by atoms with E-state index in [1.807, 2.05) is 78.9 Å². The number of aromatic nitrogens is 4. The molecule has 6 heteroatoms. The zero-order valence-corrected chi connectivity index (χ0v) is 30.4. The Labute approximate surface area is 325 Å². The van der Waals surface area contributed by atoms with Crippen molar-refractivity contribution in [3.63, 3.8) is 0 Å². The van der Waals surface area contributed by atoms with E-state index >= 15 is 0 Å². The molecule has 0 unspecified atom stereocenters. The van der Waals surface area contributed by atoms with Crippen LogP contribution < -0.4 is 0 Å². The average molecular weight is 731 g/mol. The Kier molecular flexibility index (Phi) is 6.83. The quantitative estimate of drug-likeness (QED) is 0.176. The van der Waals surface area contributed by atoms with Crippen LogP contribution in [0.4, 0.5) is 0 Å². The van der Waals surface area contributed by atoms with Gasteiger partial charge < -0.3 is 13.4 Å². The van der Waals surface area contributed by atoms with E-state index in [0.29, 0.717) is 17.5 Å². The Morgan fingerprint density at radius 2 is 0.825 bits per heavy atom. The fraction of sp³-hybridized carbons (Fsp3) is 0. The van der Waals surface area contributed by atoms with E-state index in [2.05, 4.69) is 108 Å². The predicted molar refractivity (Wildman–Crippen MR) is 230 cm³/mol. The highest BCUT2D eigenvalue weighted by Crippen LogP contribution is 2.43. The summed E-state index contributed by atoms with van der Waals surface area (Å²) in [6.45, 7) is 0. The molecule has 12 aromatic rings. The third kappa shape index (κ3) is 4.94. The van der Waals surface area contributed by atoms with E-state index in [-0.39, 0.29) is 0 Å². The summed E-state index contributed by atoms with van der Waals surface area (Å²) in [5, 5.41) is 6.60. The van der Waals surface area contributed by atoms with E-state index in [0.717, 1.165) is 88.4 Å². The lowest BCUT2D eigenvalue weighted by Gasteiger charge is -2.10. The molecule has 0 aliphatic rings. The second-order valence-electron chi connectivity index (χ2n) is 14.4. The van der Waals surface area contributed by atoms with E-state index in [1.165, 1.54) is 10.8 Å². The molecule has 0 atom stereocenters. The van der Waals surface area contributed by atoms with Gasteiger partial charge in [0, 0.05) is 43.6 Å². The maximum atomic E-state index is 6.55. The maximum Gasteiger partial charge on any atom is 0.164 e. The minimum atomic E-state index is 0.598. The first-order valence-electron chi connectivity index (χ1n) is 19.0. The molecular weight excluding hydrogens is 701 g/mol. The highest BCUT2D eigenvalue weighted by molar-refractivity contribution is 6.17. The van der Waals surface area contributed by atoms with Gasteiger partial charge in [-0.1, -0.05) is 121 Å². The van der Waals surface area contributed by atoms with Crippen molar-refractivity contribution in [2.75, 3.05) is 0 Å². The molecule has 0 N–H and O–H groups in total. The van der Waals surface area contributed by atoms with Crippen LogP contribution in [0.5, 0.6) is 0 Å². The van der Waals surface area contributed by atoms with E-state index in [4.69, 9.17) is 23.8 Å². The minimum Gasteiger partial charge on any atom is -0.456 e. The molecule has 4 aromatic heterocycles. The summed E-state index contributed by atoms with van der Waals surface area (Å²) < 4.78 is 15.4. The largest absolute Gasteiger partial charge is 0.456 e. The second kappa shape index (κ2) is 12.3. The smallest absolute Gasteiger partial charge is 0.164 e. The van der Waals surface area contributed by atoms with E-state index < -0.39 is 0 Å². The Balaban J connectivity index is 1.05. The van der Waals surface area contributed by atoms with Crippen LogP contribution >= 0.6 is 0 Å². The van der Waals surface area contributed by atoms with Crippen molar-refractivity contribution in [1.29, 1.82) is 0 Å².